The molecule has 2 rings (SSSR count). The van der Waals surface area contributed by atoms with E-state index in [1.165, 1.54) is 36.3 Å². The Balaban J connectivity index is 2.17. The summed E-state index contributed by atoms with van der Waals surface area (Å²) in [6.45, 7) is 0.0802. The van der Waals surface area contributed by atoms with E-state index in [2.05, 4.69) is 0 Å². The number of carbonyl (C=O) groups excluding carboxylic acids is 1. The van der Waals surface area contributed by atoms with Gasteiger partial charge in [0, 0.05) is 6.54 Å². The summed E-state index contributed by atoms with van der Waals surface area (Å²) in [4.78, 5) is 13.4. The number of ether oxygens (including phenoxy) is 1. The Labute approximate surface area is 132 Å². The van der Waals surface area contributed by atoms with E-state index < -0.39 is 24.3 Å². The molecule has 1 saturated heterocycles. The van der Waals surface area contributed by atoms with E-state index in [1.54, 1.807) is 0 Å². The summed E-state index contributed by atoms with van der Waals surface area (Å²) in [6, 6.07) is 2.00. The van der Waals surface area contributed by atoms with Crippen LogP contribution in [-0.2, 0) is 0 Å². The lowest BCUT2D eigenvalue weighted by Gasteiger charge is -2.28. The molecule has 1 aliphatic rings. The van der Waals surface area contributed by atoms with Crippen molar-refractivity contribution in [1.82, 2.24) is 10.2 Å². The highest BCUT2D eigenvalue weighted by atomic mass is 19.4. The van der Waals surface area contributed by atoms with E-state index in [-0.39, 0.29) is 12.2 Å². The molecule has 23 heavy (non-hydrogen) atoms. The van der Waals surface area contributed by atoms with Crippen LogP contribution in [0.2, 0.25) is 0 Å². The number of methoxy groups -OCH3 is 1. The number of rotatable bonds is 4. The van der Waals surface area contributed by atoms with Crippen LogP contribution in [-0.4, -0.2) is 48.5 Å². The SMILES string of the molecule is COc1ccc([C@H](NC(=O)N2CCC[C@H]2CO)C(F)(F)F)cc1. The number of hydrogen-bond acceptors (Lipinski definition) is 3. The predicted molar refractivity (Wildman–Crippen MR) is 77.1 cm³/mol. The largest absolute Gasteiger partial charge is 0.497 e. The number of nitrogens with one attached hydrogen (secondary N) is 1. The van der Waals surface area contributed by atoms with E-state index in [4.69, 9.17) is 4.74 Å². The van der Waals surface area contributed by atoms with E-state index in [1.807, 2.05) is 5.32 Å². The summed E-state index contributed by atoms with van der Waals surface area (Å²) in [5.74, 6) is 0.431. The lowest BCUT2D eigenvalue weighted by atomic mass is 10.1. The van der Waals surface area contributed by atoms with Gasteiger partial charge in [-0.05, 0) is 30.5 Å². The summed E-state index contributed by atoms with van der Waals surface area (Å²) >= 11 is 0. The van der Waals surface area contributed by atoms with Crippen molar-refractivity contribution in [3.63, 3.8) is 0 Å². The summed E-state index contributed by atoms with van der Waals surface area (Å²) in [5, 5.41) is 11.2. The normalized spacial score (nSPS) is 19.5. The Bertz CT molecular complexity index is 534. The fourth-order valence-electron chi connectivity index (χ4n) is 2.65. The number of hydrogen-bond donors (Lipinski definition) is 2. The Morgan fingerprint density at radius 1 is 1.43 bits per heavy atom. The van der Waals surface area contributed by atoms with Gasteiger partial charge < -0.3 is 20.1 Å². The molecule has 1 aromatic rings. The molecule has 1 aromatic carbocycles. The third-order valence-corrected chi connectivity index (χ3v) is 3.89. The average molecular weight is 332 g/mol. The van der Waals surface area contributed by atoms with Crippen molar-refractivity contribution in [2.24, 2.45) is 0 Å². The van der Waals surface area contributed by atoms with Crippen LogP contribution in [0.5, 0.6) is 5.75 Å². The quantitative estimate of drug-likeness (QED) is 0.890. The molecule has 5 nitrogen and oxygen atoms in total. The highest BCUT2D eigenvalue weighted by Crippen LogP contribution is 2.34. The second-order valence-electron chi connectivity index (χ2n) is 5.37. The second kappa shape index (κ2) is 7.08. The first kappa shape index (κ1) is 17.4. The zero-order valence-corrected chi connectivity index (χ0v) is 12.6. The predicted octanol–water partition coefficient (Wildman–Crippen LogP) is 2.46. The van der Waals surface area contributed by atoms with Crippen LogP contribution < -0.4 is 10.1 Å². The monoisotopic (exact) mass is 332 g/mol. The summed E-state index contributed by atoms with van der Waals surface area (Å²) in [7, 11) is 1.42. The summed E-state index contributed by atoms with van der Waals surface area (Å²) < 4.78 is 44.8. The minimum absolute atomic E-state index is 0.0774. The zero-order valence-electron chi connectivity index (χ0n) is 12.6. The van der Waals surface area contributed by atoms with Crippen molar-refractivity contribution in [1.29, 1.82) is 0 Å². The fourth-order valence-corrected chi connectivity index (χ4v) is 2.65. The molecule has 0 spiro atoms. The van der Waals surface area contributed by atoms with Crippen LogP contribution in [0.4, 0.5) is 18.0 Å². The third-order valence-electron chi connectivity index (χ3n) is 3.89. The molecule has 8 heteroatoms. The molecular weight excluding hydrogens is 313 g/mol. The highest BCUT2D eigenvalue weighted by Gasteiger charge is 2.43. The molecule has 0 bridgehead atoms. The van der Waals surface area contributed by atoms with Crippen molar-refractivity contribution in [2.75, 3.05) is 20.3 Å². The number of nitrogens with zero attached hydrogens (tertiary/aromatic N) is 1. The van der Waals surface area contributed by atoms with E-state index in [9.17, 15) is 23.1 Å². The Hall–Kier alpha value is -1.96. The molecule has 1 heterocycles. The minimum Gasteiger partial charge on any atom is -0.497 e. The first-order valence-electron chi connectivity index (χ1n) is 7.25. The van der Waals surface area contributed by atoms with E-state index in [0.29, 0.717) is 25.1 Å². The van der Waals surface area contributed by atoms with Crippen LogP contribution in [0.15, 0.2) is 24.3 Å². The number of amides is 2. The maximum absolute atomic E-state index is 13.3. The van der Waals surface area contributed by atoms with Gasteiger partial charge in [0.25, 0.3) is 0 Å². The number of aliphatic hydroxyl groups is 1. The van der Waals surface area contributed by atoms with Crippen LogP contribution >= 0.6 is 0 Å². The number of halogens is 3. The molecule has 2 N–H and O–H groups in total. The topological polar surface area (TPSA) is 61.8 Å². The van der Waals surface area contributed by atoms with Gasteiger partial charge in [0.2, 0.25) is 0 Å². The first-order valence-corrected chi connectivity index (χ1v) is 7.25. The molecule has 0 unspecified atom stereocenters. The van der Waals surface area contributed by atoms with Crippen molar-refractivity contribution < 1.29 is 27.8 Å². The number of carbonyl (C=O) groups is 1. The molecule has 0 saturated carbocycles. The lowest BCUT2D eigenvalue weighted by Crippen LogP contribution is -2.48. The third kappa shape index (κ3) is 4.07. The van der Waals surface area contributed by atoms with Gasteiger partial charge in [-0.1, -0.05) is 12.1 Å². The highest BCUT2D eigenvalue weighted by molar-refractivity contribution is 5.75. The molecule has 1 fully saturated rings. The van der Waals surface area contributed by atoms with Gasteiger partial charge in [0.05, 0.1) is 19.8 Å². The number of benzene rings is 1. The first-order chi connectivity index (χ1) is 10.9. The van der Waals surface area contributed by atoms with Gasteiger partial charge in [-0.2, -0.15) is 13.2 Å². The van der Waals surface area contributed by atoms with Gasteiger partial charge in [-0.15, -0.1) is 0 Å². The Morgan fingerprint density at radius 2 is 2.09 bits per heavy atom. The van der Waals surface area contributed by atoms with Crippen molar-refractivity contribution in [3.05, 3.63) is 29.8 Å². The molecule has 2 atom stereocenters. The Kier molecular flexibility index (Phi) is 5.35. The number of likely N-dealkylation sites (tertiary alicyclic amines) is 1. The standard InChI is InChI=1S/C15H19F3N2O3/c1-23-12-6-4-10(5-7-12)13(15(16,17)18)19-14(22)20-8-2-3-11(20)9-21/h4-7,11,13,21H,2-3,8-9H2,1H3,(H,19,22)/t11-,13-/m0/s1. The summed E-state index contributed by atoms with van der Waals surface area (Å²) in [5.41, 5.74) is -0.0774. The molecule has 0 aromatic heterocycles. The summed E-state index contributed by atoms with van der Waals surface area (Å²) in [6.07, 6.45) is -3.38. The molecule has 0 aliphatic carbocycles. The van der Waals surface area contributed by atoms with Gasteiger partial charge in [0.1, 0.15) is 5.75 Å². The van der Waals surface area contributed by atoms with Crippen LogP contribution in [0.25, 0.3) is 0 Å². The molecule has 1 aliphatic heterocycles. The van der Waals surface area contributed by atoms with Gasteiger partial charge >= 0.3 is 12.2 Å². The van der Waals surface area contributed by atoms with Crippen molar-refractivity contribution >= 4 is 6.03 Å². The van der Waals surface area contributed by atoms with Gasteiger partial charge in [0.15, 0.2) is 6.04 Å². The minimum atomic E-state index is -4.63. The molecular formula is C15H19F3N2O3. The van der Waals surface area contributed by atoms with Crippen LogP contribution in [0, 0.1) is 0 Å². The number of urea groups is 1. The molecule has 128 valence electrons. The van der Waals surface area contributed by atoms with Gasteiger partial charge in [-0.3, -0.25) is 0 Å². The van der Waals surface area contributed by atoms with E-state index in [0.717, 1.165) is 0 Å². The number of aliphatic hydroxyl groups excluding tert-OH is 1. The van der Waals surface area contributed by atoms with Crippen LogP contribution in [0.1, 0.15) is 24.4 Å². The van der Waals surface area contributed by atoms with Gasteiger partial charge in [-0.25, -0.2) is 4.79 Å². The maximum atomic E-state index is 13.3. The average Bonchev–Trinajstić information content (AvgIpc) is 3.00. The van der Waals surface area contributed by atoms with Crippen molar-refractivity contribution in [2.45, 2.75) is 31.1 Å². The lowest BCUT2D eigenvalue weighted by molar-refractivity contribution is -0.155. The molecule has 2 amide bonds. The van der Waals surface area contributed by atoms with E-state index >= 15 is 0 Å². The van der Waals surface area contributed by atoms with Crippen molar-refractivity contribution in [3.8, 4) is 5.75 Å². The number of alkyl halides is 3. The van der Waals surface area contributed by atoms with Crippen LogP contribution in [0.3, 0.4) is 0 Å². The Morgan fingerprint density at radius 3 is 2.61 bits per heavy atom. The fraction of sp³-hybridized carbons (Fsp3) is 0.533. The zero-order chi connectivity index (χ0) is 17.0. The smallest absolute Gasteiger partial charge is 0.412 e. The second-order valence-corrected chi connectivity index (χ2v) is 5.37. The maximum Gasteiger partial charge on any atom is 0.412 e. The molecule has 0 radical (unpaired) electrons.